The number of hydrogen-bond acceptors (Lipinski definition) is 5. The van der Waals surface area contributed by atoms with Crippen LogP contribution in [0.3, 0.4) is 0 Å². The second-order valence-electron chi connectivity index (χ2n) is 7.09. The minimum Gasteiger partial charge on any atom is -0.378 e. The number of benzene rings is 2. The summed E-state index contributed by atoms with van der Waals surface area (Å²) in [6.07, 6.45) is 1.28. The van der Waals surface area contributed by atoms with Crippen molar-refractivity contribution < 1.29 is 22.3 Å². The Labute approximate surface area is 176 Å². The van der Waals surface area contributed by atoms with Gasteiger partial charge in [0.2, 0.25) is 15.9 Å². The van der Waals surface area contributed by atoms with E-state index in [1.807, 2.05) is 12.1 Å². The quantitative estimate of drug-likeness (QED) is 0.724. The molecule has 3 rings (SSSR count). The van der Waals surface area contributed by atoms with E-state index in [1.165, 1.54) is 24.3 Å². The van der Waals surface area contributed by atoms with Gasteiger partial charge in [-0.05, 0) is 55.0 Å². The largest absolute Gasteiger partial charge is 0.378 e. The van der Waals surface area contributed by atoms with Gasteiger partial charge in [-0.1, -0.05) is 6.92 Å². The molecule has 0 aromatic heterocycles. The summed E-state index contributed by atoms with van der Waals surface area (Å²) in [5.41, 5.74) is 1.85. The van der Waals surface area contributed by atoms with E-state index < -0.39 is 27.8 Å². The molecule has 1 aliphatic heterocycles. The number of anilines is 3. The van der Waals surface area contributed by atoms with Gasteiger partial charge in [0.05, 0.1) is 25.2 Å². The second-order valence-corrected chi connectivity index (χ2v) is 8.95. The average Bonchev–Trinajstić information content (AvgIpc) is 2.73. The van der Waals surface area contributed by atoms with Crippen molar-refractivity contribution in [3.05, 3.63) is 54.3 Å². The van der Waals surface area contributed by atoms with Crippen molar-refractivity contribution in [3.8, 4) is 0 Å². The van der Waals surface area contributed by atoms with Crippen LogP contribution < -0.4 is 14.5 Å². The number of halogens is 1. The fourth-order valence-corrected chi connectivity index (χ4v) is 4.66. The van der Waals surface area contributed by atoms with E-state index in [2.05, 4.69) is 10.2 Å². The summed E-state index contributed by atoms with van der Waals surface area (Å²) in [6, 6.07) is 11.5. The van der Waals surface area contributed by atoms with Crippen molar-refractivity contribution >= 4 is 33.0 Å². The molecular formula is C21H26FN3O4S. The van der Waals surface area contributed by atoms with E-state index in [1.54, 1.807) is 19.1 Å². The highest BCUT2D eigenvalue weighted by atomic mass is 32.2. The summed E-state index contributed by atoms with van der Waals surface area (Å²) >= 11 is 0. The summed E-state index contributed by atoms with van der Waals surface area (Å²) in [5, 5.41) is 2.79. The third-order valence-electron chi connectivity index (χ3n) is 4.92. The zero-order chi connectivity index (χ0) is 21.7. The van der Waals surface area contributed by atoms with E-state index in [9.17, 15) is 17.6 Å². The van der Waals surface area contributed by atoms with Gasteiger partial charge in [-0.2, -0.15) is 0 Å². The van der Waals surface area contributed by atoms with Crippen LogP contribution in [0.25, 0.3) is 0 Å². The molecule has 0 spiro atoms. The highest BCUT2D eigenvalue weighted by molar-refractivity contribution is 7.92. The number of morpholine rings is 1. The molecule has 1 aliphatic rings. The Kier molecular flexibility index (Phi) is 6.94. The van der Waals surface area contributed by atoms with Gasteiger partial charge in [0.15, 0.2) is 0 Å². The summed E-state index contributed by atoms with van der Waals surface area (Å²) in [5.74, 6) is -0.934. The number of nitrogens with zero attached hydrogens (tertiary/aromatic N) is 2. The molecule has 1 unspecified atom stereocenters. The van der Waals surface area contributed by atoms with E-state index in [0.29, 0.717) is 18.9 Å². The van der Waals surface area contributed by atoms with Gasteiger partial charge < -0.3 is 15.0 Å². The molecule has 9 heteroatoms. The fraction of sp³-hybridized carbons (Fsp3) is 0.381. The van der Waals surface area contributed by atoms with Gasteiger partial charge in [0.1, 0.15) is 11.9 Å². The van der Waals surface area contributed by atoms with Gasteiger partial charge in [-0.15, -0.1) is 0 Å². The molecule has 1 amide bonds. The first-order valence-electron chi connectivity index (χ1n) is 9.78. The molecule has 0 saturated carbocycles. The normalized spacial score (nSPS) is 15.5. The first-order chi connectivity index (χ1) is 14.3. The van der Waals surface area contributed by atoms with Crippen molar-refractivity contribution in [1.82, 2.24) is 0 Å². The number of sulfonamides is 1. The Morgan fingerprint density at radius 1 is 1.13 bits per heavy atom. The maximum Gasteiger partial charge on any atom is 0.248 e. The number of ether oxygens (including phenoxy) is 1. The average molecular weight is 436 g/mol. The summed E-state index contributed by atoms with van der Waals surface area (Å²) in [7, 11) is -3.77. The van der Waals surface area contributed by atoms with Crippen LogP contribution in [0, 0.1) is 5.82 Å². The van der Waals surface area contributed by atoms with Crippen molar-refractivity contribution in [2.24, 2.45) is 0 Å². The Bertz CT molecular complexity index is 959. The lowest BCUT2D eigenvalue weighted by molar-refractivity contribution is -0.117. The van der Waals surface area contributed by atoms with Crippen LogP contribution in [-0.2, 0) is 19.6 Å². The fourth-order valence-electron chi connectivity index (χ4n) is 3.45. The standard InChI is InChI=1S/C21H26FN3O4S/c1-3-20(25(30(2,27)28)19-8-4-16(22)5-9-19)21(26)23-17-6-10-18(11-7-17)24-12-14-29-15-13-24/h4-11,20H,3,12-15H2,1-2H3,(H,23,26). The van der Waals surface area contributed by atoms with Gasteiger partial charge >= 0.3 is 0 Å². The Morgan fingerprint density at radius 3 is 2.27 bits per heavy atom. The Balaban J connectivity index is 1.77. The molecule has 7 nitrogen and oxygen atoms in total. The lowest BCUT2D eigenvalue weighted by atomic mass is 10.1. The van der Waals surface area contributed by atoms with Crippen molar-refractivity contribution in [3.63, 3.8) is 0 Å². The molecular weight excluding hydrogens is 409 g/mol. The Morgan fingerprint density at radius 2 is 1.73 bits per heavy atom. The molecule has 1 saturated heterocycles. The third-order valence-corrected chi connectivity index (χ3v) is 6.10. The minimum absolute atomic E-state index is 0.239. The van der Waals surface area contributed by atoms with Crippen LogP contribution in [0.1, 0.15) is 13.3 Å². The van der Waals surface area contributed by atoms with E-state index >= 15 is 0 Å². The first kappa shape index (κ1) is 22.0. The lowest BCUT2D eigenvalue weighted by Gasteiger charge is -2.30. The maximum atomic E-state index is 13.3. The van der Waals surface area contributed by atoms with E-state index in [-0.39, 0.29) is 12.1 Å². The number of hydrogen-bond donors (Lipinski definition) is 1. The monoisotopic (exact) mass is 435 g/mol. The number of nitrogens with one attached hydrogen (secondary N) is 1. The molecule has 0 bridgehead atoms. The zero-order valence-electron chi connectivity index (χ0n) is 17.0. The van der Waals surface area contributed by atoms with Gasteiger partial charge in [0, 0.05) is 24.5 Å². The second kappa shape index (κ2) is 9.44. The molecule has 0 radical (unpaired) electrons. The van der Waals surface area contributed by atoms with Crippen LogP contribution in [0.15, 0.2) is 48.5 Å². The number of carbonyl (C=O) groups excluding carboxylic acids is 1. The predicted molar refractivity (Wildman–Crippen MR) is 116 cm³/mol. The maximum absolute atomic E-state index is 13.3. The van der Waals surface area contributed by atoms with Crippen LogP contribution in [0.2, 0.25) is 0 Å². The molecule has 1 atom stereocenters. The SMILES string of the molecule is CCC(C(=O)Nc1ccc(N2CCOCC2)cc1)N(c1ccc(F)cc1)S(C)(=O)=O. The van der Waals surface area contributed by atoms with Crippen molar-refractivity contribution in [2.45, 2.75) is 19.4 Å². The smallest absolute Gasteiger partial charge is 0.248 e. The Hall–Kier alpha value is -2.65. The molecule has 1 fully saturated rings. The summed E-state index contributed by atoms with van der Waals surface area (Å²) in [4.78, 5) is 15.1. The predicted octanol–water partition coefficient (Wildman–Crippen LogP) is 2.85. The van der Waals surface area contributed by atoms with E-state index in [0.717, 1.165) is 29.3 Å². The molecule has 2 aromatic rings. The van der Waals surface area contributed by atoms with Crippen LogP contribution >= 0.6 is 0 Å². The van der Waals surface area contributed by atoms with Crippen molar-refractivity contribution in [2.75, 3.05) is 47.1 Å². The van der Waals surface area contributed by atoms with Crippen LogP contribution in [0.4, 0.5) is 21.5 Å². The number of carbonyl (C=O) groups is 1. The van der Waals surface area contributed by atoms with Crippen LogP contribution in [-0.4, -0.2) is 52.9 Å². The summed E-state index contributed by atoms with van der Waals surface area (Å²) in [6.45, 7) is 4.71. The molecule has 0 aliphatic carbocycles. The minimum atomic E-state index is -3.77. The molecule has 1 heterocycles. The van der Waals surface area contributed by atoms with Gasteiger partial charge in [0.25, 0.3) is 0 Å². The lowest BCUT2D eigenvalue weighted by Crippen LogP contribution is -2.47. The molecule has 162 valence electrons. The number of rotatable bonds is 7. The molecule has 1 N–H and O–H groups in total. The number of amides is 1. The van der Waals surface area contributed by atoms with Gasteiger partial charge in [-0.25, -0.2) is 12.8 Å². The molecule has 2 aromatic carbocycles. The third kappa shape index (κ3) is 5.28. The van der Waals surface area contributed by atoms with Crippen LogP contribution in [0.5, 0.6) is 0 Å². The zero-order valence-corrected chi connectivity index (χ0v) is 17.9. The highest BCUT2D eigenvalue weighted by Crippen LogP contribution is 2.24. The first-order valence-corrected chi connectivity index (χ1v) is 11.6. The van der Waals surface area contributed by atoms with Crippen molar-refractivity contribution in [1.29, 1.82) is 0 Å². The highest BCUT2D eigenvalue weighted by Gasteiger charge is 2.31. The van der Waals surface area contributed by atoms with Gasteiger partial charge in [-0.3, -0.25) is 9.10 Å². The van der Waals surface area contributed by atoms with E-state index in [4.69, 9.17) is 4.74 Å². The topological polar surface area (TPSA) is 79.0 Å². The molecule has 30 heavy (non-hydrogen) atoms. The summed E-state index contributed by atoms with van der Waals surface area (Å²) < 4.78 is 44.5.